The van der Waals surface area contributed by atoms with Gasteiger partial charge in [0.2, 0.25) is 5.91 Å². The first kappa shape index (κ1) is 18.2. The molecule has 4 heteroatoms. The number of benzene rings is 1. The molecule has 0 saturated carbocycles. The lowest BCUT2D eigenvalue weighted by molar-refractivity contribution is -0.117. The van der Waals surface area contributed by atoms with Gasteiger partial charge in [-0.05, 0) is 43.0 Å². The zero-order valence-electron chi connectivity index (χ0n) is 14.0. The van der Waals surface area contributed by atoms with Crippen LogP contribution >= 0.6 is 0 Å². The summed E-state index contributed by atoms with van der Waals surface area (Å²) in [5.74, 6) is 1.24. The van der Waals surface area contributed by atoms with Crippen LogP contribution in [-0.2, 0) is 9.53 Å². The number of ether oxygens (including phenoxy) is 2. The number of amides is 1. The average Bonchev–Trinajstić information content (AvgIpc) is 2.46. The maximum atomic E-state index is 12.0. The molecule has 1 rings (SSSR count). The molecule has 1 atom stereocenters. The molecule has 0 unspecified atom stereocenters. The van der Waals surface area contributed by atoms with Gasteiger partial charge in [-0.3, -0.25) is 4.79 Å². The number of hydrogen-bond acceptors (Lipinski definition) is 3. The third-order valence-electron chi connectivity index (χ3n) is 3.09. The van der Waals surface area contributed by atoms with Crippen LogP contribution < -0.4 is 10.1 Å². The molecular formula is C18H27NO3. The van der Waals surface area contributed by atoms with Gasteiger partial charge in [-0.15, -0.1) is 0 Å². The smallest absolute Gasteiger partial charge is 0.244 e. The molecule has 122 valence electrons. The molecule has 4 nitrogen and oxygen atoms in total. The Labute approximate surface area is 133 Å². The van der Waals surface area contributed by atoms with Gasteiger partial charge in [-0.1, -0.05) is 26.0 Å². The van der Waals surface area contributed by atoms with E-state index in [1.54, 1.807) is 19.3 Å². The average molecular weight is 305 g/mol. The summed E-state index contributed by atoms with van der Waals surface area (Å²) in [5.41, 5.74) is 0.964. The van der Waals surface area contributed by atoms with Crippen molar-refractivity contribution < 1.29 is 14.3 Å². The van der Waals surface area contributed by atoms with Crippen LogP contribution in [0.1, 0.15) is 32.8 Å². The lowest BCUT2D eigenvalue weighted by atomic mass is 10.0. The monoisotopic (exact) mass is 305 g/mol. The molecular weight excluding hydrogens is 278 g/mol. The number of methoxy groups -OCH3 is 1. The Balaban J connectivity index is 2.54. The normalized spacial score (nSPS) is 12.6. The molecule has 0 heterocycles. The Kier molecular flexibility index (Phi) is 8.30. The SMILES string of the molecule is CCOc1ccc(/C=C/C(=O)N[C@@H](COC)CC(C)C)cc1. The quantitative estimate of drug-likeness (QED) is 0.712. The molecule has 0 saturated heterocycles. The summed E-state index contributed by atoms with van der Waals surface area (Å²) >= 11 is 0. The Morgan fingerprint density at radius 1 is 1.27 bits per heavy atom. The van der Waals surface area contributed by atoms with E-state index in [0.29, 0.717) is 19.1 Å². The zero-order chi connectivity index (χ0) is 16.4. The molecule has 0 aliphatic carbocycles. The van der Waals surface area contributed by atoms with E-state index in [-0.39, 0.29) is 11.9 Å². The van der Waals surface area contributed by atoms with E-state index >= 15 is 0 Å². The number of carbonyl (C=O) groups is 1. The van der Waals surface area contributed by atoms with Crippen molar-refractivity contribution in [2.75, 3.05) is 20.3 Å². The van der Waals surface area contributed by atoms with Crippen molar-refractivity contribution in [1.82, 2.24) is 5.32 Å². The van der Waals surface area contributed by atoms with Crippen molar-refractivity contribution in [1.29, 1.82) is 0 Å². The highest BCUT2D eigenvalue weighted by Gasteiger charge is 2.12. The summed E-state index contributed by atoms with van der Waals surface area (Å²) in [6, 6.07) is 7.69. The fourth-order valence-electron chi connectivity index (χ4n) is 2.20. The molecule has 0 spiro atoms. The summed E-state index contributed by atoms with van der Waals surface area (Å²) in [4.78, 5) is 12.0. The van der Waals surface area contributed by atoms with Crippen LogP contribution in [-0.4, -0.2) is 32.3 Å². The molecule has 0 fully saturated rings. The topological polar surface area (TPSA) is 47.6 Å². The lowest BCUT2D eigenvalue weighted by Crippen LogP contribution is -2.38. The Bertz CT molecular complexity index is 466. The molecule has 1 N–H and O–H groups in total. The van der Waals surface area contributed by atoms with Gasteiger partial charge < -0.3 is 14.8 Å². The van der Waals surface area contributed by atoms with Gasteiger partial charge in [0, 0.05) is 13.2 Å². The van der Waals surface area contributed by atoms with Gasteiger partial charge in [-0.25, -0.2) is 0 Å². The minimum Gasteiger partial charge on any atom is -0.494 e. The zero-order valence-corrected chi connectivity index (χ0v) is 14.0. The number of nitrogens with one attached hydrogen (secondary N) is 1. The van der Waals surface area contributed by atoms with Crippen molar-refractivity contribution in [3.05, 3.63) is 35.9 Å². The standard InChI is InChI=1S/C18H27NO3/c1-5-22-17-9-6-15(7-10-17)8-11-18(20)19-16(13-21-4)12-14(2)3/h6-11,14,16H,5,12-13H2,1-4H3,(H,19,20)/b11-8+/t16-/m1/s1. The molecule has 0 bridgehead atoms. The van der Waals surface area contributed by atoms with Gasteiger partial charge in [-0.2, -0.15) is 0 Å². The third kappa shape index (κ3) is 7.27. The highest BCUT2D eigenvalue weighted by molar-refractivity contribution is 5.91. The summed E-state index contributed by atoms with van der Waals surface area (Å²) < 4.78 is 10.5. The van der Waals surface area contributed by atoms with Gasteiger partial charge in [0.05, 0.1) is 19.3 Å². The van der Waals surface area contributed by atoms with Crippen LogP contribution in [0.3, 0.4) is 0 Å². The summed E-state index contributed by atoms with van der Waals surface area (Å²) in [6.07, 6.45) is 4.25. The van der Waals surface area contributed by atoms with Crippen LogP contribution in [0.2, 0.25) is 0 Å². The van der Waals surface area contributed by atoms with E-state index in [2.05, 4.69) is 19.2 Å². The first-order chi connectivity index (χ1) is 10.5. The van der Waals surface area contributed by atoms with Crippen LogP contribution in [0.4, 0.5) is 0 Å². The summed E-state index contributed by atoms with van der Waals surface area (Å²) in [6.45, 7) is 7.38. The molecule has 0 aromatic heterocycles. The maximum Gasteiger partial charge on any atom is 0.244 e. The van der Waals surface area contributed by atoms with E-state index in [1.807, 2.05) is 31.2 Å². The van der Waals surface area contributed by atoms with Gasteiger partial charge >= 0.3 is 0 Å². The third-order valence-corrected chi connectivity index (χ3v) is 3.09. The number of hydrogen-bond donors (Lipinski definition) is 1. The number of rotatable bonds is 9. The van der Waals surface area contributed by atoms with Crippen molar-refractivity contribution in [2.24, 2.45) is 5.92 Å². The molecule has 1 aromatic carbocycles. The van der Waals surface area contributed by atoms with Crippen LogP contribution in [0, 0.1) is 5.92 Å². The second kappa shape index (κ2) is 10.0. The fraction of sp³-hybridized carbons (Fsp3) is 0.500. The summed E-state index contributed by atoms with van der Waals surface area (Å²) in [7, 11) is 1.65. The first-order valence-electron chi connectivity index (χ1n) is 7.75. The second-order valence-corrected chi connectivity index (χ2v) is 5.63. The molecule has 1 amide bonds. The van der Waals surface area contributed by atoms with E-state index in [9.17, 15) is 4.79 Å². The van der Waals surface area contributed by atoms with Gasteiger partial charge in [0.1, 0.15) is 5.75 Å². The molecule has 22 heavy (non-hydrogen) atoms. The fourth-order valence-corrected chi connectivity index (χ4v) is 2.20. The van der Waals surface area contributed by atoms with E-state index in [0.717, 1.165) is 17.7 Å². The molecule has 0 radical (unpaired) electrons. The lowest BCUT2D eigenvalue weighted by Gasteiger charge is -2.18. The van der Waals surface area contributed by atoms with E-state index in [1.165, 1.54) is 0 Å². The highest BCUT2D eigenvalue weighted by Crippen LogP contribution is 2.13. The van der Waals surface area contributed by atoms with Crippen LogP contribution in [0.15, 0.2) is 30.3 Å². The molecule has 1 aromatic rings. The van der Waals surface area contributed by atoms with Gasteiger partial charge in [0.25, 0.3) is 0 Å². The first-order valence-corrected chi connectivity index (χ1v) is 7.75. The predicted molar refractivity (Wildman–Crippen MR) is 89.9 cm³/mol. The minimum absolute atomic E-state index is 0.0440. The maximum absolute atomic E-state index is 12.0. The van der Waals surface area contributed by atoms with E-state index < -0.39 is 0 Å². The molecule has 0 aliphatic heterocycles. The Morgan fingerprint density at radius 2 is 1.95 bits per heavy atom. The van der Waals surface area contributed by atoms with Gasteiger partial charge in [0.15, 0.2) is 0 Å². The predicted octanol–water partition coefficient (Wildman–Crippen LogP) is 3.28. The van der Waals surface area contributed by atoms with Crippen LogP contribution in [0.5, 0.6) is 5.75 Å². The second-order valence-electron chi connectivity index (χ2n) is 5.63. The Hall–Kier alpha value is -1.81. The van der Waals surface area contributed by atoms with Crippen molar-refractivity contribution >= 4 is 12.0 Å². The molecule has 0 aliphatic rings. The highest BCUT2D eigenvalue weighted by atomic mass is 16.5. The van der Waals surface area contributed by atoms with Crippen molar-refractivity contribution in [3.63, 3.8) is 0 Å². The van der Waals surface area contributed by atoms with Crippen LogP contribution in [0.25, 0.3) is 6.08 Å². The Morgan fingerprint density at radius 3 is 2.50 bits per heavy atom. The van der Waals surface area contributed by atoms with Crippen molar-refractivity contribution in [3.8, 4) is 5.75 Å². The minimum atomic E-state index is -0.100. The largest absolute Gasteiger partial charge is 0.494 e. The summed E-state index contributed by atoms with van der Waals surface area (Å²) in [5, 5.41) is 2.98. The van der Waals surface area contributed by atoms with E-state index in [4.69, 9.17) is 9.47 Å². The van der Waals surface area contributed by atoms with Crippen molar-refractivity contribution in [2.45, 2.75) is 33.2 Å². The number of carbonyl (C=O) groups excluding carboxylic acids is 1.